The average Bonchev–Trinajstić information content (AvgIpc) is 2.71. The van der Waals surface area contributed by atoms with Gasteiger partial charge in [0.15, 0.2) is 0 Å². The summed E-state index contributed by atoms with van der Waals surface area (Å²) in [6.07, 6.45) is 1.53. The summed E-state index contributed by atoms with van der Waals surface area (Å²) in [5, 5.41) is 7.80. The van der Waals surface area contributed by atoms with Crippen molar-refractivity contribution < 1.29 is 4.39 Å². The van der Waals surface area contributed by atoms with Gasteiger partial charge in [-0.2, -0.15) is 5.10 Å². The van der Waals surface area contributed by atoms with Crippen LogP contribution in [-0.4, -0.2) is 22.4 Å². The van der Waals surface area contributed by atoms with Gasteiger partial charge in [0.05, 0.1) is 5.69 Å². The summed E-state index contributed by atoms with van der Waals surface area (Å²) < 4.78 is 15.7. The molecule has 0 spiro atoms. The lowest BCUT2D eigenvalue weighted by molar-refractivity contribution is 0.492. The Balaban J connectivity index is 2.11. The van der Waals surface area contributed by atoms with Crippen LogP contribution in [0.5, 0.6) is 0 Å². The Hall–Kier alpha value is -1.68. The minimum atomic E-state index is -0.128. The van der Waals surface area contributed by atoms with Crippen molar-refractivity contribution in [3.05, 3.63) is 53.1 Å². The lowest BCUT2D eigenvalue weighted by Crippen LogP contribution is -2.34. The maximum Gasteiger partial charge on any atom is 0.126 e. The largest absolute Gasteiger partial charge is 0.314 e. The van der Waals surface area contributed by atoms with E-state index in [9.17, 15) is 4.39 Å². The highest BCUT2D eigenvalue weighted by Crippen LogP contribution is 2.13. The maximum absolute atomic E-state index is 13.8. The molecule has 1 unspecified atom stereocenters. The number of aryl methyl sites for hydroxylation is 2. The Morgan fingerprint density at radius 1 is 1.30 bits per heavy atom. The Morgan fingerprint density at radius 2 is 2.05 bits per heavy atom. The molecule has 0 fully saturated rings. The fraction of sp³-hybridized carbons (Fsp3) is 0.438. The van der Waals surface area contributed by atoms with Crippen molar-refractivity contribution in [2.24, 2.45) is 7.05 Å². The van der Waals surface area contributed by atoms with Gasteiger partial charge >= 0.3 is 0 Å². The van der Waals surface area contributed by atoms with Crippen LogP contribution < -0.4 is 5.32 Å². The topological polar surface area (TPSA) is 29.9 Å². The van der Waals surface area contributed by atoms with Crippen molar-refractivity contribution in [2.75, 3.05) is 6.54 Å². The first-order valence-corrected chi connectivity index (χ1v) is 7.06. The van der Waals surface area contributed by atoms with Crippen molar-refractivity contribution in [1.29, 1.82) is 0 Å². The summed E-state index contributed by atoms with van der Waals surface area (Å²) >= 11 is 0. The third-order valence-electron chi connectivity index (χ3n) is 3.47. The molecule has 0 saturated heterocycles. The maximum atomic E-state index is 13.8. The van der Waals surface area contributed by atoms with Crippen LogP contribution in [-0.2, 0) is 19.9 Å². The number of nitrogens with zero attached hydrogens (tertiary/aromatic N) is 2. The van der Waals surface area contributed by atoms with Crippen LogP contribution in [0.4, 0.5) is 4.39 Å². The number of hydrogen-bond donors (Lipinski definition) is 1. The van der Waals surface area contributed by atoms with E-state index in [4.69, 9.17) is 0 Å². The van der Waals surface area contributed by atoms with Gasteiger partial charge in [-0.25, -0.2) is 4.39 Å². The van der Waals surface area contributed by atoms with Gasteiger partial charge in [-0.1, -0.05) is 25.1 Å². The van der Waals surface area contributed by atoms with Gasteiger partial charge in [-0.3, -0.25) is 4.68 Å². The molecule has 0 amide bonds. The SMILES string of the molecule is CCNC(Cc1ccccc1F)Cc1cc(C)nn1C. The molecule has 0 radical (unpaired) electrons. The van der Waals surface area contributed by atoms with Crippen LogP contribution >= 0.6 is 0 Å². The van der Waals surface area contributed by atoms with E-state index in [0.29, 0.717) is 6.42 Å². The molecule has 3 nitrogen and oxygen atoms in total. The molecule has 20 heavy (non-hydrogen) atoms. The molecular formula is C16H22FN3. The van der Waals surface area contributed by atoms with Gasteiger partial charge < -0.3 is 5.32 Å². The first kappa shape index (κ1) is 14.7. The molecule has 0 aliphatic heterocycles. The first-order chi connectivity index (χ1) is 9.60. The second kappa shape index (κ2) is 6.66. The second-order valence-corrected chi connectivity index (χ2v) is 5.15. The van der Waals surface area contributed by atoms with E-state index in [0.717, 1.165) is 24.2 Å². The zero-order chi connectivity index (χ0) is 14.5. The minimum Gasteiger partial charge on any atom is -0.314 e. The molecule has 108 valence electrons. The van der Waals surface area contributed by atoms with Crippen molar-refractivity contribution in [3.63, 3.8) is 0 Å². The monoisotopic (exact) mass is 275 g/mol. The molecular weight excluding hydrogens is 253 g/mol. The third-order valence-corrected chi connectivity index (χ3v) is 3.47. The van der Waals surface area contributed by atoms with Crippen molar-refractivity contribution in [2.45, 2.75) is 32.7 Å². The summed E-state index contributed by atoms with van der Waals surface area (Å²) in [6.45, 7) is 4.93. The highest BCUT2D eigenvalue weighted by Gasteiger charge is 2.14. The van der Waals surface area contributed by atoms with Crippen molar-refractivity contribution in [1.82, 2.24) is 15.1 Å². The van der Waals surface area contributed by atoms with E-state index < -0.39 is 0 Å². The molecule has 0 saturated carbocycles. The van der Waals surface area contributed by atoms with Crippen molar-refractivity contribution in [3.8, 4) is 0 Å². The van der Waals surface area contributed by atoms with Gasteiger partial charge in [-0.05, 0) is 37.6 Å². The summed E-state index contributed by atoms with van der Waals surface area (Å²) in [7, 11) is 1.95. The third kappa shape index (κ3) is 3.67. The van der Waals surface area contributed by atoms with Gasteiger partial charge in [0.1, 0.15) is 5.82 Å². The normalized spacial score (nSPS) is 12.6. The lowest BCUT2D eigenvalue weighted by atomic mass is 10.0. The van der Waals surface area contributed by atoms with E-state index in [1.54, 1.807) is 6.07 Å². The number of nitrogens with one attached hydrogen (secondary N) is 1. The fourth-order valence-corrected chi connectivity index (χ4v) is 2.54. The molecule has 1 aromatic carbocycles. The molecule has 0 bridgehead atoms. The van der Waals surface area contributed by atoms with Gasteiger partial charge in [0, 0.05) is 25.2 Å². The zero-order valence-electron chi connectivity index (χ0n) is 12.4. The highest BCUT2D eigenvalue weighted by molar-refractivity contribution is 5.19. The average molecular weight is 275 g/mol. The first-order valence-electron chi connectivity index (χ1n) is 7.06. The molecule has 2 rings (SSSR count). The number of halogens is 1. The molecule has 1 atom stereocenters. The van der Waals surface area contributed by atoms with E-state index >= 15 is 0 Å². The Labute approximate surface area is 119 Å². The Kier molecular flexibility index (Phi) is 4.90. The standard InChI is InChI=1S/C16H22FN3/c1-4-18-14(10-13-7-5-6-8-16(13)17)11-15-9-12(2)19-20(15)3/h5-9,14,18H,4,10-11H2,1-3H3. The predicted molar refractivity (Wildman–Crippen MR) is 79.2 cm³/mol. The second-order valence-electron chi connectivity index (χ2n) is 5.15. The molecule has 4 heteroatoms. The fourth-order valence-electron chi connectivity index (χ4n) is 2.54. The zero-order valence-corrected chi connectivity index (χ0v) is 12.4. The van der Waals surface area contributed by atoms with Crippen LogP contribution in [0.2, 0.25) is 0 Å². The summed E-state index contributed by atoms with van der Waals surface area (Å²) in [5.41, 5.74) is 2.95. The number of rotatable bonds is 6. The molecule has 1 heterocycles. The quantitative estimate of drug-likeness (QED) is 0.878. The van der Waals surface area contributed by atoms with Crippen LogP contribution in [0.1, 0.15) is 23.9 Å². The van der Waals surface area contributed by atoms with Crippen LogP contribution in [0.3, 0.4) is 0 Å². The summed E-state index contributed by atoms with van der Waals surface area (Å²) in [5.74, 6) is -0.128. The smallest absolute Gasteiger partial charge is 0.126 e. The number of likely N-dealkylation sites (N-methyl/N-ethyl adjacent to an activating group) is 1. The van der Waals surface area contributed by atoms with E-state index in [-0.39, 0.29) is 11.9 Å². The predicted octanol–water partition coefficient (Wildman–Crippen LogP) is 2.63. The van der Waals surface area contributed by atoms with Crippen LogP contribution in [0.15, 0.2) is 30.3 Å². The molecule has 1 aromatic heterocycles. The Bertz CT molecular complexity index is 563. The van der Waals surface area contributed by atoms with Gasteiger partial charge in [0.2, 0.25) is 0 Å². The summed E-state index contributed by atoms with van der Waals surface area (Å²) in [4.78, 5) is 0. The minimum absolute atomic E-state index is 0.128. The lowest BCUT2D eigenvalue weighted by Gasteiger charge is -2.18. The molecule has 1 N–H and O–H groups in total. The molecule has 2 aromatic rings. The van der Waals surface area contributed by atoms with Gasteiger partial charge in [0.25, 0.3) is 0 Å². The van der Waals surface area contributed by atoms with E-state index in [2.05, 4.69) is 23.4 Å². The van der Waals surface area contributed by atoms with Gasteiger partial charge in [-0.15, -0.1) is 0 Å². The number of aromatic nitrogens is 2. The number of benzene rings is 1. The molecule has 0 aliphatic rings. The number of hydrogen-bond acceptors (Lipinski definition) is 2. The summed E-state index contributed by atoms with van der Waals surface area (Å²) in [6, 6.07) is 9.29. The van der Waals surface area contributed by atoms with E-state index in [1.165, 1.54) is 11.8 Å². The highest BCUT2D eigenvalue weighted by atomic mass is 19.1. The molecule has 0 aliphatic carbocycles. The van der Waals surface area contributed by atoms with Crippen LogP contribution in [0.25, 0.3) is 0 Å². The van der Waals surface area contributed by atoms with E-state index in [1.807, 2.05) is 30.8 Å². The van der Waals surface area contributed by atoms with Crippen LogP contribution in [0, 0.1) is 12.7 Å². The Morgan fingerprint density at radius 3 is 2.65 bits per heavy atom. The van der Waals surface area contributed by atoms with Crippen molar-refractivity contribution >= 4 is 0 Å².